The number of hydrogen-bond donors (Lipinski definition) is 2. The van der Waals surface area contributed by atoms with Gasteiger partial charge in [-0.2, -0.15) is 0 Å². The highest BCUT2D eigenvalue weighted by molar-refractivity contribution is 5.31. The fourth-order valence-corrected chi connectivity index (χ4v) is 2.19. The maximum Gasteiger partial charge on any atom is 0.0444 e. The molecule has 0 amide bonds. The zero-order valence-corrected chi connectivity index (χ0v) is 11.0. The summed E-state index contributed by atoms with van der Waals surface area (Å²) in [6, 6.07) is 6.96. The molecule has 1 saturated carbocycles. The van der Waals surface area contributed by atoms with Crippen LogP contribution < -0.4 is 11.1 Å². The Balaban J connectivity index is 1.92. The standard InChI is InChI=1S/C15H24N2/c1-11-3-6-14(9-12(11)2)15(10-16)17-8-7-13-4-5-13/h3,6,9,13,15,17H,4-5,7-8,10,16H2,1-2H3. The number of benzene rings is 1. The minimum Gasteiger partial charge on any atom is -0.329 e. The lowest BCUT2D eigenvalue weighted by Gasteiger charge is -2.18. The van der Waals surface area contributed by atoms with Crippen LogP contribution in [-0.2, 0) is 0 Å². The molecular formula is C15H24N2. The van der Waals surface area contributed by atoms with Crippen LogP contribution in [0.4, 0.5) is 0 Å². The molecule has 0 aromatic heterocycles. The van der Waals surface area contributed by atoms with E-state index < -0.39 is 0 Å². The van der Waals surface area contributed by atoms with E-state index in [0.29, 0.717) is 12.6 Å². The van der Waals surface area contributed by atoms with E-state index in [1.807, 2.05) is 0 Å². The second-order valence-corrected chi connectivity index (χ2v) is 5.32. The molecule has 2 nitrogen and oxygen atoms in total. The fraction of sp³-hybridized carbons (Fsp3) is 0.600. The van der Waals surface area contributed by atoms with Gasteiger partial charge < -0.3 is 11.1 Å². The molecule has 0 spiro atoms. The molecule has 2 rings (SSSR count). The van der Waals surface area contributed by atoms with Gasteiger partial charge in [0.2, 0.25) is 0 Å². The number of nitrogens with one attached hydrogen (secondary N) is 1. The third-order valence-corrected chi connectivity index (χ3v) is 3.81. The van der Waals surface area contributed by atoms with E-state index in [1.54, 1.807) is 0 Å². The van der Waals surface area contributed by atoms with Gasteiger partial charge in [0.15, 0.2) is 0 Å². The summed E-state index contributed by atoms with van der Waals surface area (Å²) in [5.41, 5.74) is 9.89. The maximum absolute atomic E-state index is 5.86. The van der Waals surface area contributed by atoms with Crippen molar-refractivity contribution < 1.29 is 0 Å². The van der Waals surface area contributed by atoms with Gasteiger partial charge in [-0.25, -0.2) is 0 Å². The van der Waals surface area contributed by atoms with Gasteiger partial charge in [-0.3, -0.25) is 0 Å². The van der Waals surface area contributed by atoms with E-state index in [0.717, 1.165) is 12.5 Å². The molecule has 0 radical (unpaired) electrons. The molecule has 0 bridgehead atoms. The van der Waals surface area contributed by atoms with Crippen molar-refractivity contribution in [3.8, 4) is 0 Å². The van der Waals surface area contributed by atoms with Gasteiger partial charge in [0.25, 0.3) is 0 Å². The Hall–Kier alpha value is -0.860. The molecule has 2 heteroatoms. The van der Waals surface area contributed by atoms with Gasteiger partial charge in [0, 0.05) is 12.6 Å². The number of aryl methyl sites for hydroxylation is 2. The molecule has 0 aliphatic heterocycles. The average Bonchev–Trinajstić information content (AvgIpc) is 3.12. The van der Waals surface area contributed by atoms with Crippen LogP contribution in [0, 0.1) is 19.8 Å². The summed E-state index contributed by atoms with van der Waals surface area (Å²) >= 11 is 0. The van der Waals surface area contributed by atoms with E-state index >= 15 is 0 Å². The van der Waals surface area contributed by atoms with Crippen molar-refractivity contribution in [2.24, 2.45) is 11.7 Å². The van der Waals surface area contributed by atoms with Crippen molar-refractivity contribution in [1.29, 1.82) is 0 Å². The van der Waals surface area contributed by atoms with Gasteiger partial charge in [-0.15, -0.1) is 0 Å². The van der Waals surface area contributed by atoms with Crippen molar-refractivity contribution in [3.63, 3.8) is 0 Å². The highest BCUT2D eigenvalue weighted by atomic mass is 14.9. The first kappa shape index (κ1) is 12.6. The Morgan fingerprint density at radius 3 is 2.65 bits per heavy atom. The first-order valence-electron chi connectivity index (χ1n) is 6.71. The minimum absolute atomic E-state index is 0.313. The zero-order valence-electron chi connectivity index (χ0n) is 11.0. The van der Waals surface area contributed by atoms with Crippen LogP contribution in [0.2, 0.25) is 0 Å². The Morgan fingerprint density at radius 1 is 1.29 bits per heavy atom. The third kappa shape index (κ3) is 3.55. The van der Waals surface area contributed by atoms with Crippen LogP contribution in [-0.4, -0.2) is 13.1 Å². The summed E-state index contributed by atoms with van der Waals surface area (Å²) in [5.74, 6) is 0.987. The monoisotopic (exact) mass is 232 g/mol. The fourth-order valence-electron chi connectivity index (χ4n) is 2.19. The van der Waals surface area contributed by atoms with Crippen molar-refractivity contribution in [2.75, 3.05) is 13.1 Å². The van der Waals surface area contributed by atoms with Crippen LogP contribution >= 0.6 is 0 Å². The lowest BCUT2D eigenvalue weighted by molar-refractivity contribution is 0.516. The highest BCUT2D eigenvalue weighted by Gasteiger charge is 2.20. The van der Waals surface area contributed by atoms with Crippen LogP contribution in [0.3, 0.4) is 0 Å². The number of nitrogens with two attached hydrogens (primary N) is 1. The molecule has 94 valence electrons. The smallest absolute Gasteiger partial charge is 0.0444 e. The van der Waals surface area contributed by atoms with Crippen molar-refractivity contribution in [1.82, 2.24) is 5.32 Å². The van der Waals surface area contributed by atoms with Gasteiger partial charge in [-0.1, -0.05) is 31.0 Å². The third-order valence-electron chi connectivity index (χ3n) is 3.81. The molecule has 1 unspecified atom stereocenters. The maximum atomic E-state index is 5.86. The molecule has 0 saturated heterocycles. The summed E-state index contributed by atoms with van der Waals surface area (Å²) in [5, 5.41) is 3.58. The van der Waals surface area contributed by atoms with Crippen molar-refractivity contribution >= 4 is 0 Å². The van der Waals surface area contributed by atoms with E-state index in [2.05, 4.69) is 37.4 Å². The van der Waals surface area contributed by atoms with E-state index in [9.17, 15) is 0 Å². The summed E-state index contributed by atoms with van der Waals surface area (Å²) in [4.78, 5) is 0. The summed E-state index contributed by atoms with van der Waals surface area (Å²) in [7, 11) is 0. The summed E-state index contributed by atoms with van der Waals surface area (Å²) in [6.07, 6.45) is 4.17. The molecule has 1 aliphatic carbocycles. The Bertz CT molecular complexity index is 369. The lowest BCUT2D eigenvalue weighted by atomic mass is 10.0. The van der Waals surface area contributed by atoms with E-state index in [1.165, 1.54) is 36.0 Å². The number of rotatable bonds is 6. The molecule has 17 heavy (non-hydrogen) atoms. The van der Waals surface area contributed by atoms with E-state index in [4.69, 9.17) is 5.73 Å². The van der Waals surface area contributed by atoms with Crippen LogP contribution in [0.5, 0.6) is 0 Å². The summed E-state index contributed by atoms with van der Waals surface area (Å²) in [6.45, 7) is 6.08. The first-order chi connectivity index (χ1) is 8.20. The largest absolute Gasteiger partial charge is 0.329 e. The van der Waals surface area contributed by atoms with Gasteiger partial charge in [-0.05, 0) is 49.4 Å². The average molecular weight is 232 g/mol. The van der Waals surface area contributed by atoms with Crippen LogP contribution in [0.15, 0.2) is 18.2 Å². The Labute approximate surface area is 105 Å². The molecular weight excluding hydrogens is 208 g/mol. The SMILES string of the molecule is Cc1ccc(C(CN)NCCC2CC2)cc1C. The Kier molecular flexibility index (Phi) is 4.19. The summed E-state index contributed by atoms with van der Waals surface area (Å²) < 4.78 is 0. The normalized spacial score (nSPS) is 17.1. The minimum atomic E-state index is 0.313. The quantitative estimate of drug-likeness (QED) is 0.791. The van der Waals surface area contributed by atoms with Gasteiger partial charge in [0.1, 0.15) is 0 Å². The van der Waals surface area contributed by atoms with Crippen molar-refractivity contribution in [3.05, 3.63) is 34.9 Å². The second-order valence-electron chi connectivity index (χ2n) is 5.32. The van der Waals surface area contributed by atoms with Gasteiger partial charge >= 0.3 is 0 Å². The van der Waals surface area contributed by atoms with E-state index in [-0.39, 0.29) is 0 Å². The van der Waals surface area contributed by atoms with Crippen LogP contribution in [0.25, 0.3) is 0 Å². The first-order valence-corrected chi connectivity index (χ1v) is 6.71. The van der Waals surface area contributed by atoms with Gasteiger partial charge in [0.05, 0.1) is 0 Å². The molecule has 1 fully saturated rings. The predicted octanol–water partition coefficient (Wildman–Crippen LogP) is 2.69. The molecule has 3 N–H and O–H groups in total. The molecule has 1 atom stereocenters. The Morgan fingerprint density at radius 2 is 2.06 bits per heavy atom. The highest BCUT2D eigenvalue weighted by Crippen LogP contribution is 2.32. The molecule has 1 aromatic rings. The van der Waals surface area contributed by atoms with Crippen LogP contribution in [0.1, 0.15) is 42.0 Å². The van der Waals surface area contributed by atoms with Crippen molar-refractivity contribution in [2.45, 2.75) is 39.2 Å². The lowest BCUT2D eigenvalue weighted by Crippen LogP contribution is -2.29. The molecule has 1 aromatic carbocycles. The zero-order chi connectivity index (χ0) is 12.3. The molecule has 1 aliphatic rings. The number of hydrogen-bond acceptors (Lipinski definition) is 2. The topological polar surface area (TPSA) is 38.0 Å². The predicted molar refractivity (Wildman–Crippen MR) is 73.1 cm³/mol. The second kappa shape index (κ2) is 5.65. The molecule has 0 heterocycles.